The number of anilines is 1. The number of hydrogen-bond acceptors (Lipinski definition) is 5. The summed E-state index contributed by atoms with van der Waals surface area (Å²) < 4.78 is 1.47. The molecule has 0 atom stereocenters. The van der Waals surface area contributed by atoms with Gasteiger partial charge in [-0.2, -0.15) is 10.2 Å². The first-order chi connectivity index (χ1) is 13.0. The molecule has 2 aromatic heterocycles. The van der Waals surface area contributed by atoms with E-state index in [1.807, 2.05) is 0 Å². The normalized spacial score (nSPS) is 13.0. The van der Waals surface area contributed by atoms with Crippen LogP contribution < -0.4 is 16.2 Å². The highest BCUT2D eigenvalue weighted by atomic mass is 16.2. The number of H-pyrrole nitrogens is 1. The Labute approximate surface area is 153 Å². The third-order valence-corrected chi connectivity index (χ3v) is 4.47. The van der Waals surface area contributed by atoms with Gasteiger partial charge in [0.15, 0.2) is 5.82 Å². The second-order valence-corrected chi connectivity index (χ2v) is 6.13. The highest BCUT2D eigenvalue weighted by molar-refractivity contribution is 6.07. The summed E-state index contributed by atoms with van der Waals surface area (Å²) in [5, 5.41) is 16.1. The van der Waals surface area contributed by atoms with Gasteiger partial charge in [0.1, 0.15) is 0 Å². The van der Waals surface area contributed by atoms with Gasteiger partial charge < -0.3 is 10.6 Å². The van der Waals surface area contributed by atoms with E-state index in [0.717, 1.165) is 5.56 Å². The Hall–Kier alpha value is -3.75. The number of amides is 2. The predicted octanol–water partition coefficient (Wildman–Crippen LogP) is 0.802. The molecule has 0 saturated carbocycles. The minimum Gasteiger partial charge on any atom is -0.352 e. The first kappa shape index (κ1) is 16.7. The van der Waals surface area contributed by atoms with Crippen LogP contribution in [-0.2, 0) is 6.42 Å². The maximum Gasteiger partial charge on any atom is 0.264 e. The van der Waals surface area contributed by atoms with Crippen molar-refractivity contribution >= 4 is 17.5 Å². The Morgan fingerprint density at radius 3 is 2.85 bits per heavy atom. The molecule has 1 aliphatic heterocycles. The molecule has 2 amide bonds. The largest absolute Gasteiger partial charge is 0.352 e. The predicted molar refractivity (Wildman–Crippen MR) is 97.1 cm³/mol. The standard InChI is InChI=1S/C18H16N6O3/c1-10-13(9-20-24(10)15-5-6-16(25)23-22-15)18(27)21-14-4-2-3-12-11(14)7-8-19-17(12)26/h2-6,9H,7-8H2,1H3,(H,19,26)(H,21,27)(H,23,25). The third kappa shape index (κ3) is 2.99. The van der Waals surface area contributed by atoms with E-state index in [9.17, 15) is 14.4 Å². The number of aromatic nitrogens is 4. The van der Waals surface area contributed by atoms with Crippen molar-refractivity contribution in [1.29, 1.82) is 0 Å². The van der Waals surface area contributed by atoms with Crippen LogP contribution in [0.5, 0.6) is 0 Å². The number of nitrogens with one attached hydrogen (secondary N) is 3. The van der Waals surface area contributed by atoms with Gasteiger partial charge >= 0.3 is 0 Å². The van der Waals surface area contributed by atoms with Crippen LogP contribution in [0.3, 0.4) is 0 Å². The molecule has 0 bridgehead atoms. The van der Waals surface area contributed by atoms with E-state index in [2.05, 4.69) is 25.9 Å². The molecule has 3 aromatic rings. The summed E-state index contributed by atoms with van der Waals surface area (Å²) in [7, 11) is 0. The van der Waals surface area contributed by atoms with Gasteiger partial charge in [0, 0.05) is 23.9 Å². The van der Waals surface area contributed by atoms with Crippen LogP contribution in [0, 0.1) is 6.92 Å². The zero-order valence-electron chi connectivity index (χ0n) is 14.4. The highest BCUT2D eigenvalue weighted by Crippen LogP contribution is 2.24. The molecular formula is C18H16N6O3. The fraction of sp³-hybridized carbons (Fsp3) is 0.167. The summed E-state index contributed by atoms with van der Waals surface area (Å²) >= 11 is 0. The molecule has 0 fully saturated rings. The third-order valence-electron chi connectivity index (χ3n) is 4.47. The van der Waals surface area contributed by atoms with Gasteiger partial charge in [-0.05, 0) is 37.1 Å². The lowest BCUT2D eigenvalue weighted by molar-refractivity contribution is 0.0944. The Balaban J connectivity index is 1.63. The van der Waals surface area contributed by atoms with Gasteiger partial charge in [-0.3, -0.25) is 14.4 Å². The first-order valence-electron chi connectivity index (χ1n) is 8.37. The molecule has 9 heteroatoms. The number of carbonyl (C=O) groups excluding carboxylic acids is 2. The molecule has 4 rings (SSSR count). The number of carbonyl (C=O) groups is 2. The van der Waals surface area contributed by atoms with Crippen LogP contribution in [0.25, 0.3) is 5.82 Å². The quantitative estimate of drug-likeness (QED) is 0.635. The fourth-order valence-corrected chi connectivity index (χ4v) is 3.09. The minimum absolute atomic E-state index is 0.138. The molecule has 3 heterocycles. The highest BCUT2D eigenvalue weighted by Gasteiger charge is 2.22. The van der Waals surface area contributed by atoms with Crippen molar-refractivity contribution in [2.24, 2.45) is 0 Å². The molecule has 0 radical (unpaired) electrons. The van der Waals surface area contributed by atoms with Crippen LogP contribution in [0.1, 0.15) is 32.0 Å². The smallest absolute Gasteiger partial charge is 0.264 e. The number of aromatic amines is 1. The molecule has 0 spiro atoms. The molecule has 1 aliphatic rings. The van der Waals surface area contributed by atoms with Crippen LogP contribution in [0.4, 0.5) is 5.69 Å². The molecule has 1 aromatic carbocycles. The lowest BCUT2D eigenvalue weighted by Crippen LogP contribution is -2.32. The van der Waals surface area contributed by atoms with Crippen molar-refractivity contribution in [2.45, 2.75) is 13.3 Å². The van der Waals surface area contributed by atoms with Crippen LogP contribution in [0.2, 0.25) is 0 Å². The molecule has 0 aliphatic carbocycles. The van der Waals surface area contributed by atoms with Gasteiger partial charge in [-0.15, -0.1) is 0 Å². The van der Waals surface area contributed by atoms with Crippen molar-refractivity contribution < 1.29 is 9.59 Å². The topological polar surface area (TPSA) is 122 Å². The van der Waals surface area contributed by atoms with Gasteiger partial charge in [-0.25, -0.2) is 9.78 Å². The van der Waals surface area contributed by atoms with Gasteiger partial charge in [0.25, 0.3) is 17.4 Å². The lowest BCUT2D eigenvalue weighted by atomic mass is 9.98. The molecule has 136 valence electrons. The van der Waals surface area contributed by atoms with Gasteiger partial charge in [0.2, 0.25) is 0 Å². The Kier molecular flexibility index (Phi) is 4.03. The number of rotatable bonds is 3. The first-order valence-corrected chi connectivity index (χ1v) is 8.37. The average molecular weight is 364 g/mol. The summed E-state index contributed by atoms with van der Waals surface area (Å²) in [5.41, 5.74) is 2.64. The molecule has 3 N–H and O–H groups in total. The van der Waals surface area contributed by atoms with Crippen molar-refractivity contribution in [2.75, 3.05) is 11.9 Å². The number of hydrogen-bond donors (Lipinski definition) is 3. The number of benzene rings is 1. The summed E-state index contributed by atoms with van der Waals surface area (Å²) in [6.45, 7) is 2.27. The molecular weight excluding hydrogens is 348 g/mol. The molecule has 9 nitrogen and oxygen atoms in total. The molecule has 0 unspecified atom stereocenters. The maximum absolute atomic E-state index is 12.8. The van der Waals surface area contributed by atoms with Crippen LogP contribution >= 0.6 is 0 Å². The Bertz CT molecular complexity index is 1090. The fourth-order valence-electron chi connectivity index (χ4n) is 3.09. The van der Waals surface area contributed by atoms with Crippen LogP contribution in [-0.4, -0.2) is 38.3 Å². The lowest BCUT2D eigenvalue weighted by Gasteiger charge is -2.19. The van der Waals surface area contributed by atoms with E-state index < -0.39 is 0 Å². The summed E-state index contributed by atoms with van der Waals surface area (Å²) in [4.78, 5) is 35.9. The van der Waals surface area contributed by atoms with Crippen LogP contribution in [0.15, 0.2) is 41.3 Å². The maximum atomic E-state index is 12.8. The summed E-state index contributed by atoms with van der Waals surface area (Å²) in [6, 6.07) is 8.11. The molecule has 0 saturated heterocycles. The van der Waals surface area contributed by atoms with Gasteiger partial charge in [0.05, 0.1) is 17.5 Å². The van der Waals surface area contributed by atoms with E-state index in [1.165, 1.54) is 23.0 Å². The Morgan fingerprint density at radius 1 is 1.22 bits per heavy atom. The zero-order chi connectivity index (χ0) is 19.0. The Morgan fingerprint density at radius 2 is 2.07 bits per heavy atom. The minimum atomic E-state index is -0.331. The zero-order valence-corrected chi connectivity index (χ0v) is 14.4. The van der Waals surface area contributed by atoms with Crippen molar-refractivity contribution in [3.05, 3.63) is 69.3 Å². The average Bonchev–Trinajstić information content (AvgIpc) is 3.05. The van der Waals surface area contributed by atoms with Gasteiger partial charge in [-0.1, -0.05) is 6.07 Å². The number of fused-ring (bicyclic) bond motifs is 1. The van der Waals surface area contributed by atoms with Crippen molar-refractivity contribution in [3.63, 3.8) is 0 Å². The molecule has 27 heavy (non-hydrogen) atoms. The van der Waals surface area contributed by atoms with E-state index in [0.29, 0.717) is 41.3 Å². The second kappa shape index (κ2) is 6.52. The monoisotopic (exact) mass is 364 g/mol. The van der Waals surface area contributed by atoms with Crippen molar-refractivity contribution in [1.82, 2.24) is 25.3 Å². The van der Waals surface area contributed by atoms with E-state index in [1.54, 1.807) is 25.1 Å². The second-order valence-electron chi connectivity index (χ2n) is 6.13. The van der Waals surface area contributed by atoms with E-state index in [-0.39, 0.29) is 17.4 Å². The SMILES string of the molecule is Cc1c(C(=O)Nc2cccc3c2CCNC3=O)cnn1-c1ccc(=O)[nH]n1. The van der Waals surface area contributed by atoms with Crippen molar-refractivity contribution in [3.8, 4) is 5.82 Å². The number of nitrogens with zero attached hydrogens (tertiary/aromatic N) is 3. The summed E-state index contributed by atoms with van der Waals surface area (Å²) in [5.74, 6) is -0.0667. The summed E-state index contributed by atoms with van der Waals surface area (Å²) in [6.07, 6.45) is 2.09. The van der Waals surface area contributed by atoms with E-state index >= 15 is 0 Å². The van der Waals surface area contributed by atoms with E-state index in [4.69, 9.17) is 0 Å².